The maximum Gasteiger partial charge on any atom is 0.327 e. The lowest BCUT2D eigenvalue weighted by atomic mass is 9.80. The van der Waals surface area contributed by atoms with Crippen molar-refractivity contribution in [1.29, 1.82) is 0 Å². The Kier molecular flexibility index (Phi) is 26.4. The molecule has 0 bridgehead atoms. The lowest BCUT2D eigenvalue weighted by Crippen LogP contribution is -2.46. The second-order valence-corrected chi connectivity index (χ2v) is 29.3. The molecule has 9 nitrogen and oxygen atoms in total. The average Bonchev–Trinajstić information content (AvgIpc) is 3.28. The summed E-state index contributed by atoms with van der Waals surface area (Å²) in [5, 5.41) is 2.92. The molecule has 0 aromatic carbocycles. The number of urea groups is 1. The van der Waals surface area contributed by atoms with Gasteiger partial charge in [-0.25, -0.2) is 4.79 Å². The standard InChI is InChI=1S/C13H24N2O2.2C11H22O.C10H20O.C9H19NO/c1-12(2,3)9-10(16)14-7-8-15(11(14)17)13(4,5)6;2*1-10(2,3)7-9(12)8-11(4,5)6;1-9(2,3)7-8(11)10(4,5)6;1-8(2,3)7(11)10-9(4,5)6/h7-9H2,1-6H3;2*7-8H2,1-6H3;7H2,1-6H3;1-6H3,(H,10,11). The number of nitrogens with one attached hydrogen (secondary N) is 1. The van der Waals surface area contributed by atoms with Crippen LogP contribution >= 0.6 is 0 Å². The second-order valence-electron chi connectivity index (χ2n) is 29.3. The highest BCUT2D eigenvalue weighted by molar-refractivity contribution is 5.96. The molecule has 1 aliphatic heterocycles. The van der Waals surface area contributed by atoms with Crippen LogP contribution in [0, 0.1) is 43.3 Å². The molecule has 1 aliphatic rings. The largest absolute Gasteiger partial charge is 0.351 e. The number of rotatable bonds is 6. The molecule has 0 saturated carbocycles. The first-order valence-corrected chi connectivity index (χ1v) is 23.5. The summed E-state index contributed by atoms with van der Waals surface area (Å²) < 4.78 is 0. The van der Waals surface area contributed by atoms with Crippen molar-refractivity contribution in [2.24, 2.45) is 43.3 Å². The number of amides is 4. The van der Waals surface area contributed by atoms with Crippen molar-refractivity contribution in [1.82, 2.24) is 15.1 Å². The Balaban J connectivity index is -0.000000350. The number of ketones is 3. The third kappa shape index (κ3) is 43.1. The minimum Gasteiger partial charge on any atom is -0.351 e. The van der Waals surface area contributed by atoms with Crippen LogP contribution in [-0.2, 0) is 24.0 Å². The molecule has 63 heavy (non-hydrogen) atoms. The summed E-state index contributed by atoms with van der Waals surface area (Å²) in [7, 11) is 0. The zero-order chi connectivity index (χ0) is 52.0. The fourth-order valence-electron chi connectivity index (χ4n) is 5.71. The Morgan fingerprint density at radius 1 is 0.413 bits per heavy atom. The van der Waals surface area contributed by atoms with Crippen LogP contribution in [0.15, 0.2) is 0 Å². The summed E-state index contributed by atoms with van der Waals surface area (Å²) in [4.78, 5) is 73.1. The minimum atomic E-state index is -0.284. The van der Waals surface area contributed by atoms with Crippen molar-refractivity contribution < 1.29 is 28.8 Å². The smallest absolute Gasteiger partial charge is 0.327 e. The number of carbonyl (C=O) groups excluding carboxylic acids is 6. The molecule has 1 fully saturated rings. The summed E-state index contributed by atoms with van der Waals surface area (Å²) in [6.45, 7) is 62.3. The molecule has 0 radical (unpaired) electrons. The molecule has 0 atom stereocenters. The molecule has 1 saturated heterocycles. The van der Waals surface area contributed by atoms with Crippen LogP contribution < -0.4 is 5.32 Å². The van der Waals surface area contributed by atoms with E-state index < -0.39 is 0 Å². The van der Waals surface area contributed by atoms with E-state index in [1.54, 1.807) is 4.90 Å². The summed E-state index contributed by atoms with van der Waals surface area (Å²) in [6, 6.07) is -0.147. The number of hydrogen-bond acceptors (Lipinski definition) is 6. The van der Waals surface area contributed by atoms with Crippen LogP contribution in [0.25, 0.3) is 0 Å². The first-order valence-electron chi connectivity index (χ1n) is 23.5. The molecule has 0 unspecified atom stereocenters. The highest BCUT2D eigenvalue weighted by atomic mass is 16.2. The fraction of sp³-hybridized carbons (Fsp3) is 0.889. The van der Waals surface area contributed by atoms with Crippen LogP contribution in [0.1, 0.15) is 246 Å². The van der Waals surface area contributed by atoms with Crippen molar-refractivity contribution in [2.45, 2.75) is 257 Å². The summed E-state index contributed by atoms with van der Waals surface area (Å²) >= 11 is 0. The van der Waals surface area contributed by atoms with Crippen molar-refractivity contribution in [3.63, 3.8) is 0 Å². The fourth-order valence-corrected chi connectivity index (χ4v) is 5.71. The number of hydrogen-bond donors (Lipinski definition) is 1. The van der Waals surface area contributed by atoms with Gasteiger partial charge in [0.2, 0.25) is 11.8 Å². The van der Waals surface area contributed by atoms with E-state index in [2.05, 4.69) is 109 Å². The van der Waals surface area contributed by atoms with Crippen LogP contribution in [-0.4, -0.2) is 69.2 Å². The van der Waals surface area contributed by atoms with Gasteiger partial charge in [0.15, 0.2) is 0 Å². The lowest BCUT2D eigenvalue weighted by Gasteiger charge is -2.31. The van der Waals surface area contributed by atoms with Gasteiger partial charge in [-0.3, -0.25) is 28.9 Å². The maximum absolute atomic E-state index is 12.1. The van der Waals surface area contributed by atoms with E-state index in [0.717, 1.165) is 0 Å². The van der Waals surface area contributed by atoms with Crippen LogP contribution in [0.4, 0.5) is 4.79 Å². The van der Waals surface area contributed by atoms with Crippen molar-refractivity contribution in [3.05, 3.63) is 0 Å². The SMILES string of the molecule is CC(C)(C)CC(=O)C(C)(C)C.CC(C)(C)CC(=O)CC(C)(C)C.CC(C)(C)CC(=O)CC(C)(C)C.CC(C)(C)CC(=O)N1CCN(C(C)(C)C)C1=O.CC(C)(C)NC(=O)C(C)(C)C. The summed E-state index contributed by atoms with van der Waals surface area (Å²) in [5.74, 6) is 1.16. The molecule has 1 heterocycles. The monoisotopic (exact) mass is 894 g/mol. The molecule has 0 spiro atoms. The van der Waals surface area contributed by atoms with Gasteiger partial charge in [-0.1, -0.05) is 166 Å². The third-order valence-electron chi connectivity index (χ3n) is 8.41. The molecule has 374 valence electrons. The highest BCUT2D eigenvalue weighted by Crippen LogP contribution is 2.29. The van der Waals surface area contributed by atoms with Gasteiger partial charge in [0.1, 0.15) is 17.3 Å². The third-order valence-corrected chi connectivity index (χ3v) is 8.41. The zero-order valence-electron chi connectivity index (χ0n) is 47.5. The summed E-state index contributed by atoms with van der Waals surface area (Å²) in [6.07, 6.45) is 3.89. The van der Waals surface area contributed by atoms with Gasteiger partial charge in [-0.15, -0.1) is 0 Å². The topological polar surface area (TPSA) is 121 Å². The van der Waals surface area contributed by atoms with E-state index in [0.29, 0.717) is 69.0 Å². The van der Waals surface area contributed by atoms with E-state index in [1.165, 1.54) is 4.90 Å². The number of carbonyl (C=O) groups is 6. The van der Waals surface area contributed by atoms with Gasteiger partial charge in [-0.2, -0.15) is 0 Å². The lowest BCUT2D eigenvalue weighted by molar-refractivity contribution is -0.130. The Morgan fingerprint density at radius 3 is 0.857 bits per heavy atom. The molecule has 0 aromatic heterocycles. The Hall–Kier alpha value is -2.58. The molecular weight excluding hydrogens is 787 g/mol. The minimum absolute atomic E-state index is 0.0609. The van der Waals surface area contributed by atoms with E-state index in [1.807, 2.05) is 104 Å². The number of nitrogens with zero attached hydrogens (tertiary/aromatic N) is 2. The average molecular weight is 894 g/mol. The predicted octanol–water partition coefficient (Wildman–Crippen LogP) is 14.3. The van der Waals surface area contributed by atoms with E-state index >= 15 is 0 Å². The van der Waals surface area contributed by atoms with Gasteiger partial charge < -0.3 is 10.2 Å². The first-order chi connectivity index (χ1) is 27.0. The van der Waals surface area contributed by atoms with Crippen LogP contribution in [0.3, 0.4) is 0 Å². The van der Waals surface area contributed by atoms with Crippen molar-refractivity contribution in [2.75, 3.05) is 13.1 Å². The normalized spacial score (nSPS) is 14.4. The Bertz CT molecular complexity index is 1320. The number of imide groups is 1. The maximum atomic E-state index is 12.1. The molecular formula is C54H107N3O6. The van der Waals surface area contributed by atoms with Crippen molar-refractivity contribution >= 4 is 35.2 Å². The summed E-state index contributed by atoms with van der Waals surface area (Å²) in [5.41, 5.74) is -0.176. The molecule has 0 aliphatic carbocycles. The van der Waals surface area contributed by atoms with E-state index in [-0.39, 0.29) is 72.2 Å². The Labute approximate surface area is 391 Å². The molecule has 1 N–H and O–H groups in total. The van der Waals surface area contributed by atoms with Crippen LogP contribution in [0.5, 0.6) is 0 Å². The van der Waals surface area contributed by atoms with Gasteiger partial charge in [-0.05, 0) is 74.0 Å². The highest BCUT2D eigenvalue weighted by Gasteiger charge is 2.39. The quantitative estimate of drug-likeness (QED) is 0.283. The van der Waals surface area contributed by atoms with Gasteiger partial charge in [0.25, 0.3) is 0 Å². The van der Waals surface area contributed by atoms with Crippen molar-refractivity contribution in [3.8, 4) is 0 Å². The molecule has 9 heteroatoms. The first kappa shape index (κ1) is 67.0. The predicted molar refractivity (Wildman–Crippen MR) is 270 cm³/mol. The van der Waals surface area contributed by atoms with E-state index in [4.69, 9.17) is 0 Å². The van der Waals surface area contributed by atoms with E-state index in [9.17, 15) is 28.8 Å². The Morgan fingerprint density at radius 2 is 0.698 bits per heavy atom. The zero-order valence-corrected chi connectivity index (χ0v) is 47.5. The molecule has 1 rings (SSSR count). The number of Topliss-reactive ketones (excluding diaryl/α,β-unsaturated/α-hetero) is 3. The van der Waals surface area contributed by atoms with Gasteiger partial charge >= 0.3 is 6.03 Å². The van der Waals surface area contributed by atoms with Crippen LogP contribution in [0.2, 0.25) is 0 Å². The van der Waals surface area contributed by atoms with Gasteiger partial charge in [0.05, 0.1) is 0 Å². The second kappa shape index (κ2) is 24.8. The molecule has 0 aromatic rings. The molecule has 4 amide bonds. The van der Waals surface area contributed by atoms with Gasteiger partial charge in [0, 0.05) is 73.5 Å².